The average Bonchev–Trinajstić information content (AvgIpc) is 2.43. The Morgan fingerprint density at radius 1 is 1.11 bits per heavy atom. The maximum atomic E-state index is 13.0. The first-order valence-electron chi connectivity index (χ1n) is 6.30. The molecule has 0 heterocycles. The molecule has 0 bridgehead atoms. The first kappa shape index (κ1) is 14.5. The second-order valence-electron chi connectivity index (χ2n) is 4.52. The van der Waals surface area contributed by atoms with Crippen LogP contribution in [0.2, 0.25) is 5.02 Å². The van der Waals surface area contributed by atoms with Gasteiger partial charge >= 0.3 is 0 Å². The fourth-order valence-corrected chi connectivity index (χ4v) is 2.84. The summed E-state index contributed by atoms with van der Waals surface area (Å²) >= 11 is 9.47. The highest BCUT2D eigenvalue weighted by atomic mass is 79.9. The quantitative estimate of drug-likeness (QED) is 0.591. The Balaban J connectivity index is 1.85. The molecule has 1 atom stereocenters. The number of alkyl halides is 1. The molecule has 1 unspecified atom stereocenters. The predicted molar refractivity (Wildman–Crippen MR) is 82.5 cm³/mol. The summed E-state index contributed by atoms with van der Waals surface area (Å²) in [6.45, 7) is 0. The van der Waals surface area contributed by atoms with E-state index in [1.54, 1.807) is 12.1 Å². The van der Waals surface area contributed by atoms with Crippen LogP contribution in [0.15, 0.2) is 48.5 Å². The summed E-state index contributed by atoms with van der Waals surface area (Å²) in [5.74, 6) is -0.354. The second kappa shape index (κ2) is 7.06. The van der Waals surface area contributed by atoms with Gasteiger partial charge in [-0.2, -0.15) is 0 Å². The van der Waals surface area contributed by atoms with Gasteiger partial charge < -0.3 is 0 Å². The molecule has 2 aromatic rings. The molecule has 0 amide bonds. The summed E-state index contributed by atoms with van der Waals surface area (Å²) in [5, 5.41) is 0.205. The molecule has 100 valence electrons. The van der Waals surface area contributed by atoms with Crippen molar-refractivity contribution in [3.05, 3.63) is 70.5 Å². The molecule has 0 radical (unpaired) electrons. The first-order valence-corrected chi connectivity index (χ1v) is 7.59. The van der Waals surface area contributed by atoms with Crippen LogP contribution in [0.5, 0.6) is 0 Å². The Bertz CT molecular complexity index is 528. The van der Waals surface area contributed by atoms with Crippen LogP contribution in [0.3, 0.4) is 0 Å². The summed E-state index contributed by atoms with van der Waals surface area (Å²) in [7, 11) is 0. The van der Waals surface area contributed by atoms with Crippen LogP contribution in [-0.4, -0.2) is 0 Å². The fourth-order valence-electron chi connectivity index (χ4n) is 2.01. The molecule has 0 aliphatic rings. The van der Waals surface area contributed by atoms with Crippen LogP contribution in [-0.2, 0) is 6.42 Å². The van der Waals surface area contributed by atoms with Gasteiger partial charge in [0.25, 0.3) is 0 Å². The van der Waals surface area contributed by atoms with Gasteiger partial charge in [0, 0.05) is 4.83 Å². The van der Waals surface area contributed by atoms with Crippen LogP contribution < -0.4 is 0 Å². The highest BCUT2D eigenvalue weighted by Gasteiger charge is 2.07. The van der Waals surface area contributed by atoms with E-state index in [1.165, 1.54) is 11.6 Å². The summed E-state index contributed by atoms with van der Waals surface area (Å²) < 4.78 is 13.0. The highest BCUT2D eigenvalue weighted by molar-refractivity contribution is 9.09. The van der Waals surface area contributed by atoms with Gasteiger partial charge in [-0.3, -0.25) is 0 Å². The van der Waals surface area contributed by atoms with Crippen molar-refractivity contribution in [1.82, 2.24) is 0 Å². The van der Waals surface area contributed by atoms with E-state index in [1.807, 2.05) is 18.2 Å². The molecule has 0 saturated heterocycles. The van der Waals surface area contributed by atoms with E-state index in [4.69, 9.17) is 11.6 Å². The van der Waals surface area contributed by atoms with Gasteiger partial charge in [0.2, 0.25) is 0 Å². The molecule has 2 aromatic carbocycles. The normalized spacial score (nSPS) is 12.4. The van der Waals surface area contributed by atoms with Crippen molar-refractivity contribution in [2.24, 2.45) is 0 Å². The molecule has 3 heteroatoms. The van der Waals surface area contributed by atoms with E-state index in [0.29, 0.717) is 4.83 Å². The zero-order chi connectivity index (χ0) is 13.7. The minimum Gasteiger partial charge on any atom is -0.205 e. The fraction of sp³-hybridized carbons (Fsp3) is 0.250. The van der Waals surface area contributed by atoms with E-state index < -0.39 is 0 Å². The van der Waals surface area contributed by atoms with Crippen molar-refractivity contribution in [1.29, 1.82) is 0 Å². The lowest BCUT2D eigenvalue weighted by molar-refractivity contribution is 0.626. The minimum atomic E-state index is -0.354. The Hall–Kier alpha value is -0.860. The number of rotatable bonds is 5. The number of hydrogen-bond donors (Lipinski definition) is 0. The van der Waals surface area contributed by atoms with Crippen LogP contribution in [0, 0.1) is 5.82 Å². The largest absolute Gasteiger partial charge is 0.205 e. The Labute approximate surface area is 126 Å². The first-order chi connectivity index (χ1) is 9.16. The average molecular weight is 342 g/mol. The van der Waals surface area contributed by atoms with E-state index in [-0.39, 0.29) is 10.8 Å². The van der Waals surface area contributed by atoms with Crippen LogP contribution in [0.4, 0.5) is 4.39 Å². The summed E-state index contributed by atoms with van der Waals surface area (Å²) in [6.07, 6.45) is 2.99. The zero-order valence-corrected chi connectivity index (χ0v) is 12.8. The number of aryl methyl sites for hydroxylation is 1. The Morgan fingerprint density at radius 2 is 1.84 bits per heavy atom. The molecule has 0 nitrogen and oxygen atoms in total. The Kier molecular flexibility index (Phi) is 5.41. The lowest BCUT2D eigenvalue weighted by atomic mass is 10.0. The summed E-state index contributed by atoms with van der Waals surface area (Å²) in [4.78, 5) is 0.365. The van der Waals surface area contributed by atoms with E-state index >= 15 is 0 Å². The summed E-state index contributed by atoms with van der Waals surface area (Å²) in [5.41, 5.74) is 2.37. The third-order valence-corrected chi connectivity index (χ3v) is 4.34. The van der Waals surface area contributed by atoms with Crippen molar-refractivity contribution < 1.29 is 4.39 Å². The molecule has 0 saturated carbocycles. The monoisotopic (exact) mass is 340 g/mol. The van der Waals surface area contributed by atoms with Crippen LogP contribution in [0.25, 0.3) is 0 Å². The third-order valence-electron chi connectivity index (χ3n) is 3.07. The highest BCUT2D eigenvalue weighted by Crippen LogP contribution is 2.28. The molecule has 0 spiro atoms. The number of benzene rings is 2. The summed E-state index contributed by atoms with van der Waals surface area (Å²) in [6, 6.07) is 15.3. The van der Waals surface area contributed by atoms with Crippen molar-refractivity contribution in [3.63, 3.8) is 0 Å². The zero-order valence-electron chi connectivity index (χ0n) is 10.5. The third kappa shape index (κ3) is 4.32. The number of halogens is 3. The molecular weight excluding hydrogens is 327 g/mol. The van der Waals surface area contributed by atoms with Crippen molar-refractivity contribution in [3.8, 4) is 0 Å². The SMILES string of the molecule is Fc1ccc(CCCC(Br)c2ccccc2)cc1Cl. The lowest BCUT2D eigenvalue weighted by Crippen LogP contribution is -1.93. The standard InChI is InChI=1S/C16H15BrClF/c17-14(13-6-2-1-3-7-13)8-4-5-12-9-10-16(19)15(18)11-12/h1-3,6-7,9-11,14H,4-5,8H2. The maximum absolute atomic E-state index is 13.0. The molecular formula is C16H15BrClF. The molecule has 0 fully saturated rings. The molecule has 0 aliphatic heterocycles. The maximum Gasteiger partial charge on any atom is 0.141 e. The number of hydrogen-bond acceptors (Lipinski definition) is 0. The topological polar surface area (TPSA) is 0 Å². The smallest absolute Gasteiger partial charge is 0.141 e. The van der Waals surface area contributed by atoms with Crippen molar-refractivity contribution >= 4 is 27.5 Å². The van der Waals surface area contributed by atoms with Crippen molar-refractivity contribution in [2.75, 3.05) is 0 Å². The van der Waals surface area contributed by atoms with Gasteiger partial charge in [-0.05, 0) is 42.5 Å². The molecule has 0 N–H and O–H groups in total. The lowest BCUT2D eigenvalue weighted by Gasteiger charge is -2.10. The minimum absolute atomic E-state index is 0.205. The van der Waals surface area contributed by atoms with E-state index in [0.717, 1.165) is 24.8 Å². The van der Waals surface area contributed by atoms with Gasteiger partial charge in [-0.1, -0.05) is 63.9 Å². The van der Waals surface area contributed by atoms with E-state index in [2.05, 4.69) is 28.1 Å². The van der Waals surface area contributed by atoms with Gasteiger partial charge in [0.05, 0.1) is 5.02 Å². The molecule has 19 heavy (non-hydrogen) atoms. The van der Waals surface area contributed by atoms with E-state index in [9.17, 15) is 4.39 Å². The second-order valence-corrected chi connectivity index (χ2v) is 6.03. The molecule has 2 rings (SSSR count). The molecule has 0 aromatic heterocycles. The van der Waals surface area contributed by atoms with Gasteiger partial charge in [-0.15, -0.1) is 0 Å². The van der Waals surface area contributed by atoms with Crippen molar-refractivity contribution in [2.45, 2.75) is 24.1 Å². The molecule has 0 aliphatic carbocycles. The van der Waals surface area contributed by atoms with Gasteiger partial charge in [0.1, 0.15) is 5.82 Å². The predicted octanol–water partition coefficient (Wildman–Crippen LogP) is 5.94. The van der Waals surface area contributed by atoms with Gasteiger partial charge in [-0.25, -0.2) is 4.39 Å². The van der Waals surface area contributed by atoms with Gasteiger partial charge in [0.15, 0.2) is 0 Å². The van der Waals surface area contributed by atoms with Crippen LogP contribution in [0.1, 0.15) is 28.8 Å². The van der Waals surface area contributed by atoms with Crippen LogP contribution >= 0.6 is 27.5 Å². The Morgan fingerprint density at radius 3 is 2.53 bits per heavy atom.